The van der Waals surface area contributed by atoms with E-state index in [2.05, 4.69) is 15.5 Å². The van der Waals surface area contributed by atoms with E-state index in [0.29, 0.717) is 17.2 Å². The van der Waals surface area contributed by atoms with Gasteiger partial charge < -0.3 is 15.4 Å². The van der Waals surface area contributed by atoms with Crippen LogP contribution in [0.4, 0.5) is 22.9 Å². The van der Waals surface area contributed by atoms with Crippen LogP contribution in [0.2, 0.25) is 0 Å². The smallest absolute Gasteiger partial charge is 0.378 e. The van der Waals surface area contributed by atoms with Crippen molar-refractivity contribution in [3.05, 3.63) is 42.1 Å². The number of azo groups is 1. The monoisotopic (exact) mass is 314 g/mol. The molecule has 7 nitrogen and oxygen atoms in total. The Morgan fingerprint density at radius 1 is 1.26 bits per heavy atom. The lowest BCUT2D eigenvalue weighted by Gasteiger charge is -2.14. The zero-order valence-electron chi connectivity index (χ0n) is 13.6. The Kier molecular flexibility index (Phi) is 4.90. The second-order valence-electron chi connectivity index (χ2n) is 5.34. The van der Waals surface area contributed by atoms with Crippen LogP contribution in [0.25, 0.3) is 0 Å². The van der Waals surface area contributed by atoms with Gasteiger partial charge in [-0.1, -0.05) is 0 Å². The van der Waals surface area contributed by atoms with Gasteiger partial charge in [-0.25, -0.2) is 0 Å². The van der Waals surface area contributed by atoms with E-state index in [1.165, 1.54) is 13.1 Å². The number of benzene rings is 1. The molecule has 0 aliphatic rings. The summed E-state index contributed by atoms with van der Waals surface area (Å²) in [6.07, 6.45) is 1.48. The zero-order valence-corrected chi connectivity index (χ0v) is 13.6. The Balaban J connectivity index is 2.42. The van der Waals surface area contributed by atoms with E-state index in [-0.39, 0.29) is 5.91 Å². The van der Waals surface area contributed by atoms with Gasteiger partial charge in [0.05, 0.1) is 10.8 Å². The maximum atomic E-state index is 11.4. The minimum atomic E-state index is -0.189. The molecule has 0 radical (unpaired) electrons. The number of nitrogens with zero attached hydrogens (tertiary/aromatic N) is 4. The highest BCUT2D eigenvalue weighted by Crippen LogP contribution is 2.30. The van der Waals surface area contributed by atoms with Crippen LogP contribution in [0.15, 0.2) is 46.8 Å². The lowest BCUT2D eigenvalue weighted by Crippen LogP contribution is -2.29. The summed E-state index contributed by atoms with van der Waals surface area (Å²) in [5.74, 6) is 0.142. The molecule has 7 heteroatoms. The van der Waals surface area contributed by atoms with Gasteiger partial charge in [-0.2, -0.15) is 0 Å². The van der Waals surface area contributed by atoms with Gasteiger partial charge in [0.1, 0.15) is 11.9 Å². The third kappa shape index (κ3) is 4.03. The first-order valence-corrected chi connectivity index (χ1v) is 7.09. The Morgan fingerprint density at radius 3 is 2.61 bits per heavy atom. The summed E-state index contributed by atoms with van der Waals surface area (Å²) < 4.78 is 0.908. The Morgan fingerprint density at radius 2 is 2.00 bits per heavy atom. The number of carbonyl (C=O) groups excluding carboxylic acids is 1. The van der Waals surface area contributed by atoms with Crippen molar-refractivity contribution >= 4 is 28.8 Å². The van der Waals surface area contributed by atoms with Crippen molar-refractivity contribution in [2.24, 2.45) is 10.2 Å². The molecule has 0 bridgehead atoms. The number of nitrogens with one attached hydrogen (secondary N) is 1. The number of anilines is 2. The van der Waals surface area contributed by atoms with Crippen LogP contribution < -0.4 is 14.9 Å². The van der Waals surface area contributed by atoms with Crippen molar-refractivity contribution in [3.63, 3.8) is 0 Å². The molecule has 1 aromatic carbocycles. The Labute approximate surface area is 134 Å². The molecule has 0 spiro atoms. The fourth-order valence-corrected chi connectivity index (χ4v) is 2.00. The molecule has 1 aromatic heterocycles. The second kappa shape index (κ2) is 6.87. The number of rotatable bonds is 4. The molecule has 0 fully saturated rings. The maximum Gasteiger partial charge on any atom is 0.391 e. The van der Waals surface area contributed by atoms with Crippen LogP contribution in [-0.4, -0.2) is 25.2 Å². The molecule has 1 heterocycles. The Bertz CT molecular complexity index is 736. The molecule has 2 N–H and O–H groups in total. The van der Waals surface area contributed by atoms with Gasteiger partial charge in [-0.15, -0.1) is 0 Å². The first kappa shape index (κ1) is 16.4. The van der Waals surface area contributed by atoms with Crippen LogP contribution in [-0.2, 0) is 4.79 Å². The molecule has 0 saturated heterocycles. The van der Waals surface area contributed by atoms with E-state index in [1.54, 1.807) is 12.1 Å². The standard InChI is InChI=1S/C16H19N5O2/c1-11-6-5-9-21(23)16(11)19-18-14-8-7-13(20(3)4)10-15(14)17-12(2)22/h5-10,23H,1-4H3/p+1. The summed E-state index contributed by atoms with van der Waals surface area (Å²) in [4.78, 5) is 13.3. The molecule has 2 rings (SSSR count). The lowest BCUT2D eigenvalue weighted by atomic mass is 10.2. The predicted octanol–water partition coefficient (Wildman–Crippen LogP) is 2.96. The predicted molar refractivity (Wildman–Crippen MR) is 87.8 cm³/mol. The number of aryl methyl sites for hydroxylation is 1. The van der Waals surface area contributed by atoms with Crippen LogP contribution in [0.5, 0.6) is 0 Å². The van der Waals surface area contributed by atoms with Crippen LogP contribution in [0.1, 0.15) is 12.5 Å². The normalized spacial score (nSPS) is 10.8. The topological polar surface area (TPSA) is 81.2 Å². The van der Waals surface area contributed by atoms with Gasteiger partial charge in [-0.05, 0) is 47.1 Å². The zero-order chi connectivity index (χ0) is 17.0. The van der Waals surface area contributed by atoms with Crippen molar-refractivity contribution in [2.75, 3.05) is 24.3 Å². The summed E-state index contributed by atoms with van der Waals surface area (Å²) >= 11 is 0. The molecular formula is C16H20N5O2+. The first-order valence-electron chi connectivity index (χ1n) is 7.09. The van der Waals surface area contributed by atoms with E-state index < -0.39 is 0 Å². The number of aromatic nitrogens is 1. The molecule has 1 amide bonds. The molecular weight excluding hydrogens is 294 g/mol. The Hall–Kier alpha value is -2.96. The summed E-state index contributed by atoms with van der Waals surface area (Å²) in [5.41, 5.74) is 2.78. The first-order chi connectivity index (χ1) is 10.9. The number of pyridine rings is 1. The molecule has 0 unspecified atom stereocenters. The van der Waals surface area contributed by atoms with Gasteiger partial charge in [0.2, 0.25) is 5.91 Å². The van der Waals surface area contributed by atoms with Gasteiger partial charge >= 0.3 is 5.82 Å². The number of carbonyl (C=O) groups is 1. The van der Waals surface area contributed by atoms with Crippen molar-refractivity contribution < 1.29 is 14.7 Å². The molecule has 0 aliphatic carbocycles. The average Bonchev–Trinajstić information content (AvgIpc) is 2.47. The highest BCUT2D eigenvalue weighted by Gasteiger charge is 2.14. The van der Waals surface area contributed by atoms with Crippen molar-refractivity contribution in [2.45, 2.75) is 13.8 Å². The SMILES string of the molecule is CC(=O)Nc1cc(N(C)C)ccc1N=Nc1c(C)ccc[n+]1O. The van der Waals surface area contributed by atoms with Crippen molar-refractivity contribution in [1.29, 1.82) is 0 Å². The van der Waals surface area contributed by atoms with E-state index in [1.807, 2.05) is 44.1 Å². The minimum absolute atomic E-state index is 0.189. The molecule has 0 aliphatic heterocycles. The van der Waals surface area contributed by atoms with Crippen molar-refractivity contribution in [1.82, 2.24) is 0 Å². The second-order valence-corrected chi connectivity index (χ2v) is 5.34. The molecule has 23 heavy (non-hydrogen) atoms. The maximum absolute atomic E-state index is 11.4. The summed E-state index contributed by atoms with van der Waals surface area (Å²) in [5, 5.41) is 20.8. The largest absolute Gasteiger partial charge is 0.391 e. The van der Waals surface area contributed by atoms with Gasteiger partial charge in [-0.3, -0.25) is 4.79 Å². The summed E-state index contributed by atoms with van der Waals surface area (Å²) in [6, 6.07) is 9.00. The molecule has 0 saturated carbocycles. The fourth-order valence-electron chi connectivity index (χ4n) is 2.00. The molecule has 120 valence electrons. The highest BCUT2D eigenvalue weighted by atomic mass is 16.5. The fraction of sp³-hybridized carbons (Fsp3) is 0.250. The van der Waals surface area contributed by atoms with Gasteiger partial charge in [0, 0.05) is 32.3 Å². The third-order valence-electron chi connectivity index (χ3n) is 3.20. The number of amides is 1. The van der Waals surface area contributed by atoms with Crippen LogP contribution in [0.3, 0.4) is 0 Å². The molecule has 2 aromatic rings. The minimum Gasteiger partial charge on any atom is -0.378 e. The summed E-state index contributed by atoms with van der Waals surface area (Å²) in [6.45, 7) is 3.26. The van der Waals surface area contributed by atoms with Crippen LogP contribution in [0, 0.1) is 6.92 Å². The number of hydrogen-bond acceptors (Lipinski definition) is 5. The van der Waals surface area contributed by atoms with E-state index in [9.17, 15) is 10.0 Å². The van der Waals surface area contributed by atoms with Crippen molar-refractivity contribution in [3.8, 4) is 0 Å². The quantitative estimate of drug-likeness (QED) is 0.517. The highest BCUT2D eigenvalue weighted by molar-refractivity contribution is 5.92. The van der Waals surface area contributed by atoms with Gasteiger partial charge in [0.25, 0.3) is 0 Å². The lowest BCUT2D eigenvalue weighted by molar-refractivity contribution is -0.894. The van der Waals surface area contributed by atoms with E-state index in [4.69, 9.17) is 0 Å². The van der Waals surface area contributed by atoms with Gasteiger partial charge in [0.15, 0.2) is 0 Å². The summed E-state index contributed by atoms with van der Waals surface area (Å²) in [7, 11) is 3.83. The molecule has 0 atom stereocenters. The number of hydrogen-bond donors (Lipinski definition) is 2. The average molecular weight is 314 g/mol. The van der Waals surface area contributed by atoms with E-state index in [0.717, 1.165) is 16.0 Å². The van der Waals surface area contributed by atoms with E-state index >= 15 is 0 Å². The van der Waals surface area contributed by atoms with Crippen LogP contribution >= 0.6 is 0 Å². The third-order valence-corrected chi connectivity index (χ3v) is 3.20.